The van der Waals surface area contributed by atoms with Crippen molar-refractivity contribution in [1.29, 1.82) is 0 Å². The summed E-state index contributed by atoms with van der Waals surface area (Å²) >= 11 is 0. The standard InChI is InChI=1S/C22H14O13/c1-7-4-10(24)8(5-23)17-13(7)20(29)34-18-9(6-32-12(27)3-2-11(25)26)16(28)14-15(19(18)33-17)22(31)35-21(14)30/h2-5,22,24,28,31H,6H2,1H3,(H,25,26)/t22-/m1/s1. The zero-order chi connectivity index (χ0) is 25.6. The largest absolute Gasteiger partial charge is 0.507 e. The van der Waals surface area contributed by atoms with Crippen molar-refractivity contribution in [2.75, 3.05) is 0 Å². The van der Waals surface area contributed by atoms with Crippen molar-refractivity contribution in [3.63, 3.8) is 0 Å². The van der Waals surface area contributed by atoms with Crippen molar-refractivity contribution < 1.29 is 63.3 Å². The molecule has 2 heterocycles. The lowest BCUT2D eigenvalue weighted by Crippen LogP contribution is -2.12. The highest BCUT2D eigenvalue weighted by Crippen LogP contribution is 2.54. The van der Waals surface area contributed by atoms with E-state index in [4.69, 9.17) is 24.1 Å². The number of carboxylic acid groups (broad SMARTS) is 1. The Bertz CT molecular complexity index is 1370. The SMILES string of the molecule is Cc1cc(O)c(C=O)c2c1C(=O)Oc1c(COC(=O)C=CC(=O)O)c(O)c3c(c1O2)[C@H](O)OC3=O. The van der Waals surface area contributed by atoms with Gasteiger partial charge in [-0.05, 0) is 18.6 Å². The van der Waals surface area contributed by atoms with E-state index in [0.29, 0.717) is 12.2 Å². The van der Waals surface area contributed by atoms with E-state index in [1.54, 1.807) is 0 Å². The lowest BCUT2D eigenvalue weighted by atomic mass is 10.0. The molecule has 0 aromatic heterocycles. The number of esters is 3. The first kappa shape index (κ1) is 23.3. The molecule has 0 unspecified atom stereocenters. The summed E-state index contributed by atoms with van der Waals surface area (Å²) in [6.07, 6.45) is -0.688. The number of fused-ring (bicyclic) bond motifs is 4. The third-order valence-corrected chi connectivity index (χ3v) is 5.12. The van der Waals surface area contributed by atoms with Crippen molar-refractivity contribution >= 4 is 30.2 Å². The second kappa shape index (κ2) is 8.46. The van der Waals surface area contributed by atoms with Gasteiger partial charge in [0.1, 0.15) is 29.2 Å². The first-order valence-electron chi connectivity index (χ1n) is 9.65. The predicted octanol–water partition coefficient (Wildman–Crippen LogP) is 1.39. The number of aliphatic carboxylic acids is 1. The molecule has 2 aliphatic rings. The second-order valence-electron chi connectivity index (χ2n) is 7.25. The molecule has 0 radical (unpaired) electrons. The molecule has 0 amide bonds. The summed E-state index contributed by atoms with van der Waals surface area (Å²) in [5, 5.41) is 39.8. The molecule has 0 spiro atoms. The molecule has 0 fully saturated rings. The van der Waals surface area contributed by atoms with Crippen LogP contribution in [-0.2, 0) is 25.7 Å². The average molecular weight is 486 g/mol. The van der Waals surface area contributed by atoms with Gasteiger partial charge >= 0.3 is 23.9 Å². The number of hydrogen-bond donors (Lipinski definition) is 4. The summed E-state index contributed by atoms with van der Waals surface area (Å²) in [5.41, 5.74) is -2.07. The Balaban J connectivity index is 1.93. The highest BCUT2D eigenvalue weighted by Gasteiger charge is 2.43. The number of rotatable bonds is 5. The van der Waals surface area contributed by atoms with Crippen LogP contribution in [0.5, 0.6) is 28.7 Å². The van der Waals surface area contributed by atoms with E-state index in [1.807, 2.05) is 0 Å². The maximum atomic E-state index is 13.0. The number of carboxylic acids is 1. The molecule has 2 aromatic rings. The number of aldehydes is 1. The van der Waals surface area contributed by atoms with E-state index in [2.05, 4.69) is 0 Å². The molecule has 13 heteroatoms. The quantitative estimate of drug-likeness (QED) is 0.204. The fraction of sp³-hybridized carbons (Fsp3) is 0.136. The molecule has 180 valence electrons. The number of hydrogen-bond acceptors (Lipinski definition) is 12. The number of aliphatic hydroxyl groups is 1. The Morgan fingerprint density at radius 2 is 1.77 bits per heavy atom. The molecule has 0 aliphatic carbocycles. The number of aryl methyl sites for hydroxylation is 1. The summed E-state index contributed by atoms with van der Waals surface area (Å²) in [5.74, 6) is -7.83. The smallest absolute Gasteiger partial charge is 0.347 e. The first-order valence-corrected chi connectivity index (χ1v) is 9.65. The van der Waals surface area contributed by atoms with Crippen LogP contribution in [0, 0.1) is 6.92 Å². The number of aliphatic hydroxyl groups excluding tert-OH is 1. The normalized spacial score (nSPS) is 15.8. The zero-order valence-electron chi connectivity index (χ0n) is 17.6. The summed E-state index contributed by atoms with van der Waals surface area (Å²) in [6, 6.07) is 1.12. The minimum absolute atomic E-state index is 0.140. The molecule has 4 rings (SSSR count). The van der Waals surface area contributed by atoms with E-state index < -0.39 is 87.8 Å². The van der Waals surface area contributed by atoms with Gasteiger partial charge in [-0.3, -0.25) is 4.79 Å². The van der Waals surface area contributed by atoms with Crippen LogP contribution in [0.3, 0.4) is 0 Å². The van der Waals surface area contributed by atoms with Crippen LogP contribution in [0.1, 0.15) is 54.1 Å². The van der Waals surface area contributed by atoms with Gasteiger partial charge in [0.2, 0.25) is 6.29 Å². The van der Waals surface area contributed by atoms with Crippen LogP contribution in [0.2, 0.25) is 0 Å². The first-order chi connectivity index (χ1) is 16.5. The lowest BCUT2D eigenvalue weighted by molar-refractivity contribution is -0.139. The number of carbonyl (C=O) groups excluding carboxylic acids is 4. The fourth-order valence-corrected chi connectivity index (χ4v) is 3.60. The summed E-state index contributed by atoms with van der Waals surface area (Å²) in [4.78, 5) is 59.3. The van der Waals surface area contributed by atoms with E-state index in [-0.39, 0.29) is 17.4 Å². The molecule has 0 saturated carbocycles. The van der Waals surface area contributed by atoms with Gasteiger partial charge in [-0.2, -0.15) is 0 Å². The Morgan fingerprint density at radius 3 is 2.43 bits per heavy atom. The second-order valence-corrected chi connectivity index (χ2v) is 7.25. The van der Waals surface area contributed by atoms with Gasteiger partial charge in [-0.25, -0.2) is 19.2 Å². The van der Waals surface area contributed by atoms with Gasteiger partial charge < -0.3 is 39.4 Å². The molecule has 0 bridgehead atoms. The third-order valence-electron chi connectivity index (χ3n) is 5.12. The molecular formula is C22H14O13. The van der Waals surface area contributed by atoms with Crippen molar-refractivity contribution in [2.45, 2.75) is 19.8 Å². The van der Waals surface area contributed by atoms with Crippen molar-refractivity contribution in [3.8, 4) is 28.7 Å². The Hall–Kier alpha value is -4.91. The third kappa shape index (κ3) is 3.79. The lowest BCUT2D eigenvalue weighted by Gasteiger charge is -2.17. The topological polar surface area (TPSA) is 203 Å². The zero-order valence-corrected chi connectivity index (χ0v) is 17.6. The number of cyclic esters (lactones) is 1. The molecule has 0 saturated heterocycles. The van der Waals surface area contributed by atoms with Gasteiger partial charge in [-0.1, -0.05) is 0 Å². The summed E-state index contributed by atoms with van der Waals surface area (Å²) in [6.45, 7) is 0.569. The number of phenolic OH excluding ortho intramolecular Hbond substituents is 2. The minimum Gasteiger partial charge on any atom is -0.507 e. The van der Waals surface area contributed by atoms with Crippen LogP contribution in [0.15, 0.2) is 18.2 Å². The van der Waals surface area contributed by atoms with Crippen LogP contribution >= 0.6 is 0 Å². The number of carbonyl (C=O) groups is 5. The molecule has 35 heavy (non-hydrogen) atoms. The fourth-order valence-electron chi connectivity index (χ4n) is 3.60. The maximum absolute atomic E-state index is 13.0. The summed E-state index contributed by atoms with van der Waals surface area (Å²) < 4.78 is 20.7. The van der Waals surface area contributed by atoms with Gasteiger partial charge in [0.25, 0.3) is 0 Å². The van der Waals surface area contributed by atoms with Crippen molar-refractivity contribution in [2.24, 2.45) is 0 Å². The van der Waals surface area contributed by atoms with E-state index >= 15 is 0 Å². The van der Waals surface area contributed by atoms with Gasteiger partial charge in [0, 0.05) is 12.2 Å². The van der Waals surface area contributed by atoms with E-state index in [0.717, 1.165) is 6.07 Å². The Kier molecular flexibility index (Phi) is 5.62. The highest BCUT2D eigenvalue weighted by atomic mass is 16.6. The number of aromatic hydroxyl groups is 2. The van der Waals surface area contributed by atoms with Gasteiger partial charge in [0.05, 0.1) is 16.7 Å². The average Bonchev–Trinajstić information content (AvgIpc) is 2.98. The van der Waals surface area contributed by atoms with Crippen LogP contribution in [0.4, 0.5) is 0 Å². The van der Waals surface area contributed by atoms with Crippen molar-refractivity contribution in [3.05, 3.63) is 51.6 Å². The van der Waals surface area contributed by atoms with Crippen LogP contribution in [-0.4, -0.2) is 50.6 Å². The molecule has 4 N–H and O–H groups in total. The maximum Gasteiger partial charge on any atom is 0.347 e. The Morgan fingerprint density at radius 1 is 1.06 bits per heavy atom. The predicted molar refractivity (Wildman–Crippen MR) is 108 cm³/mol. The molecular weight excluding hydrogens is 472 g/mol. The number of benzene rings is 2. The highest BCUT2D eigenvalue weighted by molar-refractivity contribution is 6.04. The molecule has 2 aliphatic heterocycles. The van der Waals surface area contributed by atoms with Crippen molar-refractivity contribution in [1.82, 2.24) is 0 Å². The summed E-state index contributed by atoms with van der Waals surface area (Å²) in [7, 11) is 0. The van der Waals surface area contributed by atoms with Crippen LogP contribution in [0.25, 0.3) is 0 Å². The number of phenols is 2. The van der Waals surface area contributed by atoms with E-state index in [9.17, 15) is 39.3 Å². The molecule has 13 nitrogen and oxygen atoms in total. The minimum atomic E-state index is -1.97. The van der Waals surface area contributed by atoms with Crippen LogP contribution < -0.4 is 9.47 Å². The van der Waals surface area contributed by atoms with Gasteiger partial charge in [-0.15, -0.1) is 0 Å². The number of ether oxygens (including phenoxy) is 4. The van der Waals surface area contributed by atoms with Gasteiger partial charge in [0.15, 0.2) is 23.5 Å². The Labute approximate surface area is 194 Å². The molecule has 1 atom stereocenters. The molecule has 2 aromatic carbocycles. The monoisotopic (exact) mass is 486 g/mol. The van der Waals surface area contributed by atoms with E-state index in [1.165, 1.54) is 6.92 Å².